The smallest absolute Gasteiger partial charge is 0.273 e. The van der Waals surface area contributed by atoms with Crippen molar-refractivity contribution < 1.29 is 18.5 Å². The zero-order valence-electron chi connectivity index (χ0n) is 10.9. The molecule has 0 radical (unpaired) electrons. The maximum atomic E-state index is 13.0. The van der Waals surface area contributed by atoms with Crippen molar-refractivity contribution in [1.82, 2.24) is 0 Å². The van der Waals surface area contributed by atoms with Crippen LogP contribution in [0, 0.1) is 28.7 Å². The van der Waals surface area contributed by atoms with Crippen molar-refractivity contribution in [2.75, 3.05) is 5.32 Å². The third kappa shape index (κ3) is 3.19. The molecular formula is C14H10F2N2O3. The van der Waals surface area contributed by atoms with E-state index in [0.29, 0.717) is 5.56 Å². The molecule has 108 valence electrons. The summed E-state index contributed by atoms with van der Waals surface area (Å²) in [5.74, 6) is -2.77. The predicted molar refractivity (Wildman–Crippen MR) is 72.1 cm³/mol. The second-order valence-electron chi connectivity index (χ2n) is 4.34. The van der Waals surface area contributed by atoms with Crippen LogP contribution < -0.4 is 5.32 Å². The van der Waals surface area contributed by atoms with E-state index in [9.17, 15) is 23.7 Å². The molecule has 1 N–H and O–H groups in total. The number of hydrogen-bond donors (Lipinski definition) is 1. The number of carbonyl (C=O) groups is 1. The summed E-state index contributed by atoms with van der Waals surface area (Å²) in [7, 11) is 0. The maximum Gasteiger partial charge on any atom is 0.273 e. The summed E-state index contributed by atoms with van der Waals surface area (Å²) < 4.78 is 25.8. The molecule has 0 spiro atoms. The number of hydrogen-bond acceptors (Lipinski definition) is 3. The van der Waals surface area contributed by atoms with Gasteiger partial charge < -0.3 is 5.32 Å². The van der Waals surface area contributed by atoms with Crippen LogP contribution in [0.4, 0.5) is 20.2 Å². The fraction of sp³-hybridized carbons (Fsp3) is 0.0714. The average molecular weight is 292 g/mol. The number of nitro benzene ring substituents is 1. The van der Waals surface area contributed by atoms with Crippen molar-refractivity contribution >= 4 is 17.3 Å². The van der Waals surface area contributed by atoms with Crippen LogP contribution in [-0.2, 0) is 0 Å². The highest BCUT2D eigenvalue weighted by molar-refractivity contribution is 6.04. The summed E-state index contributed by atoms with van der Waals surface area (Å²) >= 11 is 0. The number of anilines is 1. The quantitative estimate of drug-likeness (QED) is 0.695. The topological polar surface area (TPSA) is 72.2 Å². The Bertz CT molecular complexity index is 732. The highest BCUT2D eigenvalue weighted by Crippen LogP contribution is 2.20. The first kappa shape index (κ1) is 14.6. The van der Waals surface area contributed by atoms with Gasteiger partial charge in [0.2, 0.25) is 0 Å². The number of nitrogens with zero attached hydrogens (tertiary/aromatic N) is 1. The van der Waals surface area contributed by atoms with E-state index in [1.807, 2.05) is 0 Å². The zero-order chi connectivity index (χ0) is 15.6. The molecule has 0 saturated carbocycles. The molecule has 0 saturated heterocycles. The molecule has 0 atom stereocenters. The van der Waals surface area contributed by atoms with Crippen molar-refractivity contribution in [1.29, 1.82) is 0 Å². The number of rotatable bonds is 3. The van der Waals surface area contributed by atoms with E-state index in [-0.39, 0.29) is 16.9 Å². The summed E-state index contributed by atoms with van der Waals surface area (Å²) in [6.45, 7) is 1.55. The molecule has 0 aliphatic carbocycles. The van der Waals surface area contributed by atoms with Crippen molar-refractivity contribution in [2.24, 2.45) is 0 Å². The Hall–Kier alpha value is -2.83. The van der Waals surface area contributed by atoms with Gasteiger partial charge in [-0.2, -0.15) is 0 Å². The Morgan fingerprint density at radius 2 is 1.86 bits per heavy atom. The van der Waals surface area contributed by atoms with E-state index in [1.165, 1.54) is 18.2 Å². The van der Waals surface area contributed by atoms with E-state index in [4.69, 9.17) is 0 Å². The second kappa shape index (κ2) is 5.66. The Labute approximate surface area is 118 Å². The fourth-order valence-corrected chi connectivity index (χ4v) is 1.72. The van der Waals surface area contributed by atoms with Crippen LogP contribution in [-0.4, -0.2) is 10.8 Å². The lowest BCUT2D eigenvalue weighted by molar-refractivity contribution is -0.385. The van der Waals surface area contributed by atoms with Gasteiger partial charge in [-0.25, -0.2) is 8.78 Å². The van der Waals surface area contributed by atoms with Gasteiger partial charge >= 0.3 is 0 Å². The third-order valence-corrected chi connectivity index (χ3v) is 2.85. The summed E-state index contributed by atoms with van der Waals surface area (Å²) in [5, 5.41) is 13.2. The number of carbonyl (C=O) groups excluding carboxylic acids is 1. The number of benzene rings is 2. The molecule has 0 heterocycles. The first-order valence-electron chi connectivity index (χ1n) is 5.90. The van der Waals surface area contributed by atoms with E-state index in [1.54, 1.807) is 6.92 Å². The standard InChI is InChI=1S/C14H10F2N2O3/c1-8-2-3-9(6-13(8)18(20)21)14(19)17-10-4-5-11(15)12(16)7-10/h2-7H,1H3,(H,17,19). The molecule has 0 aliphatic heterocycles. The SMILES string of the molecule is Cc1ccc(C(=O)Nc2ccc(F)c(F)c2)cc1[N+](=O)[O-]. The zero-order valence-corrected chi connectivity index (χ0v) is 10.9. The number of aryl methyl sites for hydroxylation is 1. The first-order chi connectivity index (χ1) is 9.88. The van der Waals surface area contributed by atoms with E-state index in [0.717, 1.165) is 18.2 Å². The maximum absolute atomic E-state index is 13.0. The molecule has 0 unspecified atom stereocenters. The molecule has 2 aromatic rings. The molecule has 1 amide bonds. The van der Waals surface area contributed by atoms with Gasteiger partial charge in [0.1, 0.15) is 0 Å². The summed E-state index contributed by atoms with van der Waals surface area (Å²) in [5.41, 5.74) is 0.344. The number of nitrogens with one attached hydrogen (secondary N) is 1. The molecular weight excluding hydrogens is 282 g/mol. The summed E-state index contributed by atoms with van der Waals surface area (Å²) in [6, 6.07) is 6.89. The van der Waals surface area contributed by atoms with Crippen LogP contribution in [0.25, 0.3) is 0 Å². The van der Waals surface area contributed by atoms with Crippen LogP contribution in [0.3, 0.4) is 0 Å². The van der Waals surface area contributed by atoms with Crippen molar-refractivity contribution in [3.8, 4) is 0 Å². The molecule has 5 nitrogen and oxygen atoms in total. The van der Waals surface area contributed by atoms with Gasteiger partial charge in [-0.1, -0.05) is 6.07 Å². The normalized spacial score (nSPS) is 10.2. The summed E-state index contributed by atoms with van der Waals surface area (Å²) in [4.78, 5) is 22.2. The number of halogens is 2. The molecule has 0 bridgehead atoms. The Kier molecular flexibility index (Phi) is 3.93. The van der Waals surface area contributed by atoms with Gasteiger partial charge in [0.15, 0.2) is 11.6 Å². The van der Waals surface area contributed by atoms with Crippen LogP contribution in [0.5, 0.6) is 0 Å². The number of nitro groups is 1. The lowest BCUT2D eigenvalue weighted by atomic mass is 10.1. The van der Waals surface area contributed by atoms with E-state index >= 15 is 0 Å². The predicted octanol–water partition coefficient (Wildman–Crippen LogP) is 3.43. The van der Waals surface area contributed by atoms with Crippen LogP contribution in [0.2, 0.25) is 0 Å². The molecule has 21 heavy (non-hydrogen) atoms. The summed E-state index contributed by atoms with van der Waals surface area (Å²) in [6.07, 6.45) is 0. The molecule has 2 rings (SSSR count). The van der Waals surface area contributed by atoms with Crippen molar-refractivity contribution in [2.45, 2.75) is 6.92 Å². The second-order valence-corrected chi connectivity index (χ2v) is 4.34. The lowest BCUT2D eigenvalue weighted by Crippen LogP contribution is -2.12. The average Bonchev–Trinajstić information content (AvgIpc) is 2.43. The van der Waals surface area contributed by atoms with Gasteiger partial charge in [-0.15, -0.1) is 0 Å². The largest absolute Gasteiger partial charge is 0.322 e. The monoisotopic (exact) mass is 292 g/mol. The molecule has 2 aromatic carbocycles. The Morgan fingerprint density at radius 1 is 1.14 bits per heavy atom. The molecule has 0 aliphatic rings. The van der Waals surface area contributed by atoms with Gasteiger partial charge in [-0.3, -0.25) is 14.9 Å². The Morgan fingerprint density at radius 3 is 2.48 bits per heavy atom. The van der Waals surface area contributed by atoms with Crippen molar-refractivity contribution in [3.63, 3.8) is 0 Å². The minimum Gasteiger partial charge on any atom is -0.322 e. The van der Waals surface area contributed by atoms with Gasteiger partial charge in [0, 0.05) is 28.9 Å². The Balaban J connectivity index is 2.26. The van der Waals surface area contributed by atoms with Crippen LogP contribution in [0.1, 0.15) is 15.9 Å². The molecule has 0 aromatic heterocycles. The van der Waals surface area contributed by atoms with E-state index < -0.39 is 22.5 Å². The highest BCUT2D eigenvalue weighted by atomic mass is 19.2. The van der Waals surface area contributed by atoms with Gasteiger partial charge in [0.05, 0.1) is 4.92 Å². The minimum atomic E-state index is -1.09. The third-order valence-electron chi connectivity index (χ3n) is 2.85. The number of amides is 1. The minimum absolute atomic E-state index is 0.0528. The molecule has 0 fully saturated rings. The highest BCUT2D eigenvalue weighted by Gasteiger charge is 2.15. The van der Waals surface area contributed by atoms with Gasteiger partial charge in [-0.05, 0) is 25.1 Å². The first-order valence-corrected chi connectivity index (χ1v) is 5.90. The van der Waals surface area contributed by atoms with Crippen molar-refractivity contribution in [3.05, 3.63) is 69.3 Å². The van der Waals surface area contributed by atoms with Gasteiger partial charge in [0.25, 0.3) is 11.6 Å². The fourth-order valence-electron chi connectivity index (χ4n) is 1.72. The van der Waals surface area contributed by atoms with E-state index in [2.05, 4.69) is 5.32 Å². The molecule has 7 heteroatoms. The van der Waals surface area contributed by atoms with Crippen LogP contribution >= 0.6 is 0 Å². The lowest BCUT2D eigenvalue weighted by Gasteiger charge is -2.06. The van der Waals surface area contributed by atoms with Crippen LogP contribution in [0.15, 0.2) is 36.4 Å².